The number of hydrogen-bond acceptors (Lipinski definition) is 6. The Morgan fingerprint density at radius 1 is 0.900 bits per heavy atom. The molecule has 1 amide bonds. The van der Waals surface area contributed by atoms with E-state index in [0.29, 0.717) is 16.6 Å². The van der Waals surface area contributed by atoms with Gasteiger partial charge in [0.15, 0.2) is 5.16 Å². The van der Waals surface area contributed by atoms with Crippen molar-refractivity contribution in [3.63, 3.8) is 0 Å². The lowest BCUT2D eigenvalue weighted by Crippen LogP contribution is -2.14. The second-order valence-corrected chi connectivity index (χ2v) is 7.23. The highest BCUT2D eigenvalue weighted by atomic mass is 32.2. The molecule has 0 atom stereocenters. The van der Waals surface area contributed by atoms with E-state index in [2.05, 4.69) is 15.5 Å². The number of aromatic nitrogens is 3. The van der Waals surface area contributed by atoms with E-state index in [1.165, 1.54) is 11.8 Å². The highest BCUT2D eigenvalue weighted by Crippen LogP contribution is 2.24. The van der Waals surface area contributed by atoms with Crippen molar-refractivity contribution in [2.45, 2.75) is 5.16 Å². The minimum atomic E-state index is -0.155. The maximum atomic E-state index is 12.4. The number of nitrogen functional groups attached to an aromatic ring is 1. The van der Waals surface area contributed by atoms with Gasteiger partial charge in [-0.1, -0.05) is 48.2 Å². The van der Waals surface area contributed by atoms with Gasteiger partial charge in [-0.2, -0.15) is 0 Å². The van der Waals surface area contributed by atoms with Crippen LogP contribution < -0.4 is 15.8 Å². The first-order valence-corrected chi connectivity index (χ1v) is 10.2. The van der Waals surface area contributed by atoms with Gasteiger partial charge in [-0.25, -0.2) is 0 Å². The number of hydrogen-bond donors (Lipinski definition) is 2. The molecule has 3 aromatic carbocycles. The van der Waals surface area contributed by atoms with Crippen molar-refractivity contribution in [2.75, 3.05) is 16.8 Å². The Labute approximate surface area is 177 Å². The van der Waals surface area contributed by atoms with E-state index in [4.69, 9.17) is 10.5 Å². The zero-order valence-electron chi connectivity index (χ0n) is 15.9. The average Bonchev–Trinajstić information content (AvgIpc) is 3.15. The number of thioether (sulfide) groups is 1. The molecule has 1 aromatic heterocycles. The molecule has 0 saturated heterocycles. The molecule has 150 valence electrons. The topological polar surface area (TPSA) is 95.1 Å². The molecule has 8 heteroatoms. The van der Waals surface area contributed by atoms with Crippen LogP contribution in [0.25, 0.3) is 5.69 Å². The molecule has 4 rings (SSSR count). The van der Waals surface area contributed by atoms with Crippen LogP contribution in [0.2, 0.25) is 0 Å². The summed E-state index contributed by atoms with van der Waals surface area (Å²) in [6, 6.07) is 26.3. The second-order valence-electron chi connectivity index (χ2n) is 6.29. The van der Waals surface area contributed by atoms with Crippen molar-refractivity contribution < 1.29 is 9.53 Å². The maximum Gasteiger partial charge on any atom is 0.234 e. The Balaban J connectivity index is 1.35. The number of nitrogens with one attached hydrogen (secondary N) is 1. The van der Waals surface area contributed by atoms with Crippen LogP contribution in [0.15, 0.2) is 90.1 Å². The van der Waals surface area contributed by atoms with Gasteiger partial charge < -0.3 is 15.8 Å². The van der Waals surface area contributed by atoms with Gasteiger partial charge in [0.1, 0.15) is 11.5 Å². The standard InChI is InChI=1S/C22H19N5O2S/c23-21-25-26-22(27(21)17-7-3-1-4-8-17)30-15-20(28)24-16-11-13-19(14-12-16)29-18-9-5-2-6-10-18/h1-14H,15H2,(H2,23,25)(H,24,28). The minimum absolute atomic E-state index is 0.155. The Bertz CT molecular complexity index is 1120. The SMILES string of the molecule is Nc1nnc(SCC(=O)Nc2ccc(Oc3ccccc3)cc2)n1-c1ccccc1. The number of carbonyl (C=O) groups is 1. The molecule has 0 spiro atoms. The molecule has 0 aliphatic carbocycles. The minimum Gasteiger partial charge on any atom is -0.457 e. The molecule has 4 aromatic rings. The number of nitrogens with two attached hydrogens (primary N) is 1. The van der Waals surface area contributed by atoms with E-state index in [1.807, 2.05) is 72.8 Å². The molecule has 0 fully saturated rings. The Morgan fingerprint density at radius 2 is 1.53 bits per heavy atom. The monoisotopic (exact) mass is 417 g/mol. The molecule has 0 aliphatic heterocycles. The van der Waals surface area contributed by atoms with E-state index < -0.39 is 0 Å². The number of nitrogens with zero attached hydrogens (tertiary/aromatic N) is 3. The van der Waals surface area contributed by atoms with Crippen LogP contribution in [-0.2, 0) is 4.79 Å². The first kappa shape index (κ1) is 19.5. The van der Waals surface area contributed by atoms with E-state index in [-0.39, 0.29) is 17.6 Å². The Hall–Kier alpha value is -3.78. The highest BCUT2D eigenvalue weighted by Gasteiger charge is 2.14. The summed E-state index contributed by atoms with van der Waals surface area (Å²) < 4.78 is 7.47. The van der Waals surface area contributed by atoms with Crippen LogP contribution >= 0.6 is 11.8 Å². The molecule has 0 radical (unpaired) electrons. The van der Waals surface area contributed by atoms with Crippen LogP contribution in [0.4, 0.5) is 11.6 Å². The van der Waals surface area contributed by atoms with Crippen LogP contribution in [0.5, 0.6) is 11.5 Å². The van der Waals surface area contributed by atoms with E-state index in [9.17, 15) is 4.79 Å². The summed E-state index contributed by atoms with van der Waals surface area (Å²) in [5.41, 5.74) is 7.47. The predicted molar refractivity (Wildman–Crippen MR) is 118 cm³/mol. The van der Waals surface area contributed by atoms with Gasteiger partial charge in [0.05, 0.1) is 11.4 Å². The van der Waals surface area contributed by atoms with Crippen molar-refractivity contribution in [1.82, 2.24) is 14.8 Å². The lowest BCUT2D eigenvalue weighted by molar-refractivity contribution is -0.113. The molecule has 3 N–H and O–H groups in total. The fourth-order valence-electron chi connectivity index (χ4n) is 2.75. The first-order valence-electron chi connectivity index (χ1n) is 9.21. The van der Waals surface area contributed by atoms with E-state index in [0.717, 1.165) is 11.4 Å². The largest absolute Gasteiger partial charge is 0.457 e. The van der Waals surface area contributed by atoms with Gasteiger partial charge >= 0.3 is 0 Å². The smallest absolute Gasteiger partial charge is 0.234 e. The van der Waals surface area contributed by atoms with E-state index >= 15 is 0 Å². The van der Waals surface area contributed by atoms with Crippen LogP contribution in [-0.4, -0.2) is 26.4 Å². The number of carbonyl (C=O) groups excluding carboxylic acids is 1. The summed E-state index contributed by atoms with van der Waals surface area (Å²) in [6.45, 7) is 0. The summed E-state index contributed by atoms with van der Waals surface area (Å²) in [5, 5.41) is 11.4. The quantitative estimate of drug-likeness (QED) is 0.434. The van der Waals surface area contributed by atoms with E-state index in [1.54, 1.807) is 16.7 Å². The normalized spacial score (nSPS) is 10.5. The lowest BCUT2D eigenvalue weighted by Gasteiger charge is -2.09. The van der Waals surface area contributed by atoms with Crippen molar-refractivity contribution in [2.24, 2.45) is 0 Å². The molecule has 0 aliphatic rings. The van der Waals surface area contributed by atoms with Gasteiger partial charge in [-0.15, -0.1) is 10.2 Å². The average molecular weight is 417 g/mol. The molecular weight excluding hydrogens is 398 g/mol. The molecule has 30 heavy (non-hydrogen) atoms. The second kappa shape index (κ2) is 9.15. The van der Waals surface area contributed by atoms with Gasteiger partial charge in [0.2, 0.25) is 11.9 Å². The number of para-hydroxylation sites is 2. The summed E-state index contributed by atoms with van der Waals surface area (Å²) in [5.74, 6) is 1.75. The Morgan fingerprint density at radius 3 is 2.23 bits per heavy atom. The number of amides is 1. The van der Waals surface area contributed by atoms with Gasteiger partial charge in [-0.05, 0) is 48.5 Å². The zero-order valence-corrected chi connectivity index (χ0v) is 16.8. The van der Waals surface area contributed by atoms with Crippen LogP contribution in [0.1, 0.15) is 0 Å². The summed E-state index contributed by atoms with van der Waals surface area (Å²) in [4.78, 5) is 12.4. The van der Waals surface area contributed by atoms with Crippen molar-refractivity contribution in [1.29, 1.82) is 0 Å². The molecule has 1 heterocycles. The Kier molecular flexibility index (Phi) is 5.95. The summed E-state index contributed by atoms with van der Waals surface area (Å²) in [7, 11) is 0. The van der Waals surface area contributed by atoms with Gasteiger partial charge in [-0.3, -0.25) is 9.36 Å². The third-order valence-corrected chi connectivity index (χ3v) is 5.05. The maximum absolute atomic E-state index is 12.4. The molecule has 0 bridgehead atoms. The molecule has 0 unspecified atom stereocenters. The predicted octanol–water partition coefficient (Wildman–Crippen LogP) is 4.37. The van der Waals surface area contributed by atoms with Crippen molar-refractivity contribution in [3.8, 4) is 17.2 Å². The fraction of sp³-hybridized carbons (Fsp3) is 0.0455. The third-order valence-electron chi connectivity index (χ3n) is 4.12. The first-order chi connectivity index (χ1) is 14.7. The lowest BCUT2D eigenvalue weighted by atomic mass is 10.3. The summed E-state index contributed by atoms with van der Waals surface area (Å²) in [6.07, 6.45) is 0. The fourth-order valence-corrected chi connectivity index (χ4v) is 3.51. The third kappa shape index (κ3) is 4.79. The number of benzene rings is 3. The van der Waals surface area contributed by atoms with Crippen molar-refractivity contribution >= 4 is 29.3 Å². The van der Waals surface area contributed by atoms with Gasteiger partial charge in [0, 0.05) is 5.69 Å². The molecular formula is C22H19N5O2S. The molecule has 7 nitrogen and oxygen atoms in total. The zero-order chi connectivity index (χ0) is 20.8. The number of ether oxygens (including phenoxy) is 1. The highest BCUT2D eigenvalue weighted by molar-refractivity contribution is 7.99. The number of anilines is 2. The van der Waals surface area contributed by atoms with Gasteiger partial charge in [0.25, 0.3) is 0 Å². The number of rotatable bonds is 7. The van der Waals surface area contributed by atoms with Crippen molar-refractivity contribution in [3.05, 3.63) is 84.9 Å². The molecule has 0 saturated carbocycles. The summed E-state index contributed by atoms with van der Waals surface area (Å²) >= 11 is 1.27. The van der Waals surface area contributed by atoms with Crippen LogP contribution in [0.3, 0.4) is 0 Å². The van der Waals surface area contributed by atoms with Crippen LogP contribution in [0, 0.1) is 0 Å².